The molecule has 0 bridgehead atoms. The van der Waals surface area contributed by atoms with Crippen molar-refractivity contribution in [1.29, 1.82) is 0 Å². The van der Waals surface area contributed by atoms with Crippen LogP contribution in [-0.2, 0) is 0 Å². The second-order valence-electron chi connectivity index (χ2n) is 2.58. The van der Waals surface area contributed by atoms with Gasteiger partial charge in [-0.25, -0.2) is 0 Å². The Kier molecular flexibility index (Phi) is 4.81. The lowest BCUT2D eigenvalue weighted by Crippen LogP contribution is -2.29. The van der Waals surface area contributed by atoms with Gasteiger partial charge < -0.3 is 10.6 Å². The van der Waals surface area contributed by atoms with E-state index in [-0.39, 0.29) is 0 Å². The number of hydrogen-bond donors (Lipinski definition) is 2. The first kappa shape index (κ1) is 9.34. The van der Waals surface area contributed by atoms with Crippen LogP contribution in [0.3, 0.4) is 0 Å². The maximum absolute atomic E-state index is 3.28. The standard InChI is InChI=1S/C8H18N2/c1-5-6-8(9-4)10-7(2)3/h6-7,9-10H,5H2,1-4H3/b8-6-. The van der Waals surface area contributed by atoms with Crippen LogP contribution in [0.5, 0.6) is 0 Å². The van der Waals surface area contributed by atoms with E-state index in [9.17, 15) is 0 Å². The molecule has 0 rings (SSSR count). The predicted octanol–water partition coefficient (Wildman–Crippen LogP) is 1.46. The van der Waals surface area contributed by atoms with Crippen LogP contribution in [0.15, 0.2) is 11.9 Å². The topological polar surface area (TPSA) is 24.1 Å². The molecule has 0 aromatic heterocycles. The molecule has 2 nitrogen and oxygen atoms in total. The van der Waals surface area contributed by atoms with Crippen LogP contribution in [-0.4, -0.2) is 13.1 Å². The Morgan fingerprint density at radius 1 is 1.50 bits per heavy atom. The van der Waals surface area contributed by atoms with Gasteiger partial charge in [-0.15, -0.1) is 0 Å². The third-order valence-corrected chi connectivity index (χ3v) is 1.12. The largest absolute Gasteiger partial charge is 0.375 e. The smallest absolute Gasteiger partial charge is 0.0944 e. The molecule has 0 fully saturated rings. The quantitative estimate of drug-likeness (QED) is 0.621. The van der Waals surface area contributed by atoms with E-state index in [1.165, 1.54) is 0 Å². The SMILES string of the molecule is CC/C=C(/NC)NC(C)C. The molecule has 0 aliphatic carbocycles. The van der Waals surface area contributed by atoms with Crippen molar-refractivity contribution in [3.05, 3.63) is 11.9 Å². The summed E-state index contributed by atoms with van der Waals surface area (Å²) >= 11 is 0. The van der Waals surface area contributed by atoms with Crippen LogP contribution in [0.1, 0.15) is 27.2 Å². The van der Waals surface area contributed by atoms with Gasteiger partial charge in [0, 0.05) is 13.1 Å². The van der Waals surface area contributed by atoms with Crippen LogP contribution in [0.4, 0.5) is 0 Å². The first-order valence-electron chi connectivity index (χ1n) is 3.85. The molecule has 0 aromatic rings. The summed E-state index contributed by atoms with van der Waals surface area (Å²) in [5.41, 5.74) is 0. The molecule has 10 heavy (non-hydrogen) atoms. The zero-order valence-corrected chi connectivity index (χ0v) is 7.36. The zero-order valence-electron chi connectivity index (χ0n) is 7.36. The van der Waals surface area contributed by atoms with Crippen molar-refractivity contribution in [3.8, 4) is 0 Å². The summed E-state index contributed by atoms with van der Waals surface area (Å²) in [5, 5.41) is 6.36. The first-order valence-corrected chi connectivity index (χ1v) is 3.85. The Balaban J connectivity index is 3.71. The maximum atomic E-state index is 3.28. The van der Waals surface area contributed by atoms with E-state index in [0.29, 0.717) is 6.04 Å². The van der Waals surface area contributed by atoms with Gasteiger partial charge in [0.05, 0.1) is 5.82 Å². The molecule has 0 spiro atoms. The fourth-order valence-corrected chi connectivity index (χ4v) is 0.748. The minimum Gasteiger partial charge on any atom is -0.375 e. The summed E-state index contributed by atoms with van der Waals surface area (Å²) in [4.78, 5) is 0. The Morgan fingerprint density at radius 3 is 2.40 bits per heavy atom. The van der Waals surface area contributed by atoms with Crippen LogP contribution in [0, 0.1) is 0 Å². The minimum absolute atomic E-state index is 0.505. The molecule has 0 aromatic carbocycles. The molecule has 0 amide bonds. The number of nitrogens with one attached hydrogen (secondary N) is 2. The van der Waals surface area contributed by atoms with Crippen LogP contribution in [0.2, 0.25) is 0 Å². The van der Waals surface area contributed by atoms with Crippen molar-refractivity contribution >= 4 is 0 Å². The molecule has 0 saturated carbocycles. The van der Waals surface area contributed by atoms with Gasteiger partial charge in [0.25, 0.3) is 0 Å². The maximum Gasteiger partial charge on any atom is 0.0944 e. The summed E-state index contributed by atoms with van der Waals surface area (Å²) in [7, 11) is 1.93. The van der Waals surface area contributed by atoms with Crippen molar-refractivity contribution in [2.75, 3.05) is 7.05 Å². The van der Waals surface area contributed by atoms with Gasteiger partial charge in [-0.05, 0) is 26.3 Å². The average molecular weight is 142 g/mol. The second-order valence-corrected chi connectivity index (χ2v) is 2.58. The fraction of sp³-hybridized carbons (Fsp3) is 0.750. The average Bonchev–Trinajstić information content (AvgIpc) is 1.86. The molecule has 0 aliphatic heterocycles. The van der Waals surface area contributed by atoms with E-state index in [4.69, 9.17) is 0 Å². The summed E-state index contributed by atoms with van der Waals surface area (Å²) in [6.45, 7) is 6.38. The summed E-state index contributed by atoms with van der Waals surface area (Å²) in [6, 6.07) is 0.505. The third kappa shape index (κ3) is 4.24. The summed E-state index contributed by atoms with van der Waals surface area (Å²) in [6.07, 6.45) is 3.20. The number of rotatable bonds is 4. The van der Waals surface area contributed by atoms with Crippen molar-refractivity contribution in [1.82, 2.24) is 10.6 Å². The lowest BCUT2D eigenvalue weighted by molar-refractivity contribution is 0.629. The molecular formula is C8H18N2. The van der Waals surface area contributed by atoms with Crippen LogP contribution in [0.25, 0.3) is 0 Å². The molecule has 60 valence electrons. The molecule has 0 atom stereocenters. The van der Waals surface area contributed by atoms with Crippen molar-refractivity contribution in [2.24, 2.45) is 0 Å². The monoisotopic (exact) mass is 142 g/mol. The highest BCUT2D eigenvalue weighted by Gasteiger charge is 1.92. The van der Waals surface area contributed by atoms with Gasteiger partial charge in [0.2, 0.25) is 0 Å². The lowest BCUT2D eigenvalue weighted by Gasteiger charge is -2.12. The predicted molar refractivity (Wildman–Crippen MR) is 45.7 cm³/mol. The van der Waals surface area contributed by atoms with Gasteiger partial charge in [-0.3, -0.25) is 0 Å². The Bertz CT molecular complexity index is 106. The lowest BCUT2D eigenvalue weighted by atomic mass is 10.3. The molecule has 0 radical (unpaired) electrons. The molecule has 0 unspecified atom stereocenters. The van der Waals surface area contributed by atoms with Gasteiger partial charge in [0.1, 0.15) is 0 Å². The van der Waals surface area contributed by atoms with E-state index in [0.717, 1.165) is 12.2 Å². The fourth-order valence-electron chi connectivity index (χ4n) is 0.748. The van der Waals surface area contributed by atoms with E-state index in [1.54, 1.807) is 0 Å². The van der Waals surface area contributed by atoms with E-state index < -0.39 is 0 Å². The number of allylic oxidation sites excluding steroid dienone is 1. The minimum atomic E-state index is 0.505. The van der Waals surface area contributed by atoms with E-state index >= 15 is 0 Å². The molecular weight excluding hydrogens is 124 g/mol. The first-order chi connectivity index (χ1) is 4.70. The Hall–Kier alpha value is -0.660. The van der Waals surface area contributed by atoms with Gasteiger partial charge >= 0.3 is 0 Å². The molecule has 0 saturated heterocycles. The molecule has 0 aliphatic rings. The van der Waals surface area contributed by atoms with Gasteiger partial charge in [-0.2, -0.15) is 0 Å². The summed E-state index contributed by atoms with van der Waals surface area (Å²) < 4.78 is 0. The second kappa shape index (κ2) is 5.15. The van der Waals surface area contributed by atoms with E-state index in [2.05, 4.69) is 37.5 Å². The molecule has 0 heterocycles. The zero-order chi connectivity index (χ0) is 7.98. The van der Waals surface area contributed by atoms with Gasteiger partial charge in [-0.1, -0.05) is 6.92 Å². The normalized spacial score (nSPS) is 11.9. The Labute approximate surface area is 63.7 Å². The van der Waals surface area contributed by atoms with Crippen molar-refractivity contribution in [2.45, 2.75) is 33.2 Å². The van der Waals surface area contributed by atoms with Crippen LogP contribution < -0.4 is 10.6 Å². The number of hydrogen-bond acceptors (Lipinski definition) is 2. The summed E-state index contributed by atoms with van der Waals surface area (Å²) in [5.74, 6) is 1.12. The van der Waals surface area contributed by atoms with Crippen LogP contribution >= 0.6 is 0 Å². The highest BCUT2D eigenvalue weighted by molar-refractivity contribution is 4.96. The molecule has 2 N–H and O–H groups in total. The van der Waals surface area contributed by atoms with Gasteiger partial charge in [0.15, 0.2) is 0 Å². The highest BCUT2D eigenvalue weighted by Crippen LogP contribution is 1.88. The molecule has 2 heteroatoms. The Morgan fingerprint density at radius 2 is 2.10 bits per heavy atom. The van der Waals surface area contributed by atoms with E-state index in [1.807, 2.05) is 7.05 Å². The third-order valence-electron chi connectivity index (χ3n) is 1.12. The van der Waals surface area contributed by atoms with Crippen molar-refractivity contribution < 1.29 is 0 Å². The highest BCUT2D eigenvalue weighted by atomic mass is 15.1. The van der Waals surface area contributed by atoms with Crippen molar-refractivity contribution in [3.63, 3.8) is 0 Å².